The summed E-state index contributed by atoms with van der Waals surface area (Å²) in [5, 5.41) is 9.50. The van der Waals surface area contributed by atoms with Crippen LogP contribution in [-0.4, -0.2) is 0 Å². The van der Waals surface area contributed by atoms with Gasteiger partial charge in [0, 0.05) is 0 Å². The highest BCUT2D eigenvalue weighted by Gasteiger charge is 2.19. The molecule has 0 spiro atoms. The van der Waals surface area contributed by atoms with Crippen LogP contribution in [0.1, 0.15) is 44.4 Å². The quantitative estimate of drug-likeness (QED) is 0.701. The minimum atomic E-state index is 0.0571. The van der Waals surface area contributed by atoms with Crippen LogP contribution in [0.15, 0.2) is 12.1 Å². The Balaban J connectivity index is 3.44. The summed E-state index contributed by atoms with van der Waals surface area (Å²) in [5.41, 5.74) is 3.07. The summed E-state index contributed by atoms with van der Waals surface area (Å²) in [6, 6.07) is 5.96. The van der Waals surface area contributed by atoms with Crippen molar-refractivity contribution in [3.63, 3.8) is 0 Å². The zero-order valence-electron chi connectivity index (χ0n) is 9.69. The van der Waals surface area contributed by atoms with Gasteiger partial charge in [-0.25, -0.2) is 0 Å². The minimum absolute atomic E-state index is 0.0571. The molecule has 0 N–H and O–H groups in total. The van der Waals surface area contributed by atoms with Crippen molar-refractivity contribution in [2.24, 2.45) is 0 Å². The van der Waals surface area contributed by atoms with Gasteiger partial charge in [0.1, 0.15) is 6.07 Å². The molecular weight excluding hydrogens is 206 g/mol. The molecule has 1 nitrogen and oxygen atoms in total. The number of hydrogen-bond donors (Lipinski definition) is 0. The van der Waals surface area contributed by atoms with Gasteiger partial charge in [-0.15, -0.1) is 0 Å². The van der Waals surface area contributed by atoms with Crippen molar-refractivity contribution in [3.8, 4) is 6.07 Å². The molecule has 1 aromatic carbocycles. The van der Waals surface area contributed by atoms with Crippen molar-refractivity contribution >= 4 is 11.6 Å². The van der Waals surface area contributed by atoms with E-state index in [1.54, 1.807) is 0 Å². The Morgan fingerprint density at radius 2 is 1.93 bits per heavy atom. The van der Waals surface area contributed by atoms with Crippen molar-refractivity contribution in [2.75, 3.05) is 0 Å². The van der Waals surface area contributed by atoms with Gasteiger partial charge in [0.2, 0.25) is 0 Å². The summed E-state index contributed by atoms with van der Waals surface area (Å²) in [6.45, 7) is 8.55. The lowest BCUT2D eigenvalue weighted by Gasteiger charge is -2.23. The van der Waals surface area contributed by atoms with Crippen molar-refractivity contribution in [3.05, 3.63) is 33.8 Å². The Morgan fingerprint density at radius 3 is 2.33 bits per heavy atom. The first-order valence-electron chi connectivity index (χ1n) is 5.13. The summed E-state index contributed by atoms with van der Waals surface area (Å²) in [5.74, 6) is 0. The maximum Gasteiger partial charge on any atom is 0.101 e. The van der Waals surface area contributed by atoms with Crippen LogP contribution in [0.2, 0.25) is 5.02 Å². The average molecular weight is 222 g/mol. The van der Waals surface area contributed by atoms with Gasteiger partial charge in [-0.2, -0.15) is 5.26 Å². The number of rotatable bonds is 1. The van der Waals surface area contributed by atoms with E-state index in [9.17, 15) is 0 Å². The normalized spacial score (nSPS) is 11.2. The summed E-state index contributed by atoms with van der Waals surface area (Å²) in [6.07, 6.45) is 0.942. The first-order chi connectivity index (χ1) is 6.90. The Kier molecular flexibility index (Phi) is 3.42. The van der Waals surface area contributed by atoms with Gasteiger partial charge in [0.05, 0.1) is 10.6 Å². The molecule has 0 radical (unpaired) electrons. The number of aryl methyl sites for hydroxylation is 1. The zero-order chi connectivity index (χ0) is 11.6. The van der Waals surface area contributed by atoms with E-state index in [1.807, 2.05) is 12.1 Å². The van der Waals surface area contributed by atoms with E-state index in [4.69, 9.17) is 16.9 Å². The third-order valence-corrected chi connectivity index (χ3v) is 2.81. The Hall–Kier alpha value is -1.00. The van der Waals surface area contributed by atoms with Gasteiger partial charge in [-0.3, -0.25) is 0 Å². The van der Waals surface area contributed by atoms with E-state index in [-0.39, 0.29) is 5.41 Å². The Bertz CT molecular complexity index is 408. The highest BCUT2D eigenvalue weighted by atomic mass is 35.5. The van der Waals surface area contributed by atoms with Crippen LogP contribution in [-0.2, 0) is 11.8 Å². The lowest BCUT2D eigenvalue weighted by Crippen LogP contribution is -2.14. The molecule has 0 bridgehead atoms. The zero-order valence-corrected chi connectivity index (χ0v) is 10.4. The molecule has 0 heterocycles. The second kappa shape index (κ2) is 4.24. The van der Waals surface area contributed by atoms with Crippen molar-refractivity contribution < 1.29 is 0 Å². The highest BCUT2D eigenvalue weighted by molar-refractivity contribution is 6.31. The number of nitriles is 1. The van der Waals surface area contributed by atoms with Crippen LogP contribution in [0.25, 0.3) is 0 Å². The van der Waals surface area contributed by atoms with Gasteiger partial charge in [-0.1, -0.05) is 39.3 Å². The van der Waals surface area contributed by atoms with Crippen LogP contribution in [0, 0.1) is 11.3 Å². The van der Waals surface area contributed by atoms with Crippen molar-refractivity contribution in [1.82, 2.24) is 0 Å². The molecule has 1 rings (SSSR count). The minimum Gasteiger partial charge on any atom is -0.192 e. The SMILES string of the molecule is CCc1cc(Cl)c(C#N)cc1C(C)(C)C. The lowest BCUT2D eigenvalue weighted by atomic mass is 9.82. The predicted octanol–water partition coefficient (Wildman–Crippen LogP) is 4.07. The van der Waals surface area contributed by atoms with E-state index < -0.39 is 0 Å². The number of hydrogen-bond acceptors (Lipinski definition) is 1. The molecule has 0 aliphatic carbocycles. The maximum atomic E-state index is 8.94. The average Bonchev–Trinajstić information content (AvgIpc) is 2.15. The third-order valence-electron chi connectivity index (χ3n) is 2.50. The molecule has 0 fully saturated rings. The molecule has 0 saturated heterocycles. The van der Waals surface area contributed by atoms with Gasteiger partial charge in [0.25, 0.3) is 0 Å². The summed E-state index contributed by atoms with van der Waals surface area (Å²) >= 11 is 6.01. The van der Waals surface area contributed by atoms with E-state index in [0.717, 1.165) is 6.42 Å². The number of nitrogens with zero attached hydrogens (tertiary/aromatic N) is 1. The third kappa shape index (κ3) is 2.52. The van der Waals surface area contributed by atoms with Gasteiger partial charge >= 0.3 is 0 Å². The molecule has 0 unspecified atom stereocenters. The second-order valence-corrected chi connectivity index (χ2v) is 5.11. The van der Waals surface area contributed by atoms with E-state index in [0.29, 0.717) is 10.6 Å². The molecular formula is C13H16ClN. The van der Waals surface area contributed by atoms with Gasteiger partial charge < -0.3 is 0 Å². The fourth-order valence-corrected chi connectivity index (χ4v) is 1.92. The summed E-state index contributed by atoms with van der Waals surface area (Å²) < 4.78 is 0. The molecule has 15 heavy (non-hydrogen) atoms. The van der Waals surface area contributed by atoms with Crippen molar-refractivity contribution in [1.29, 1.82) is 5.26 Å². The van der Waals surface area contributed by atoms with Crippen LogP contribution in [0.3, 0.4) is 0 Å². The topological polar surface area (TPSA) is 23.8 Å². The van der Waals surface area contributed by atoms with Crippen LogP contribution < -0.4 is 0 Å². The molecule has 1 aromatic rings. The van der Waals surface area contributed by atoms with Gasteiger partial charge in [-0.05, 0) is 35.1 Å². The smallest absolute Gasteiger partial charge is 0.101 e. The van der Waals surface area contributed by atoms with E-state index in [2.05, 4.69) is 33.8 Å². The fourth-order valence-electron chi connectivity index (χ4n) is 1.69. The van der Waals surface area contributed by atoms with Crippen LogP contribution in [0.5, 0.6) is 0 Å². The first kappa shape index (κ1) is 12.1. The summed E-state index contributed by atoms with van der Waals surface area (Å²) in [4.78, 5) is 0. The summed E-state index contributed by atoms with van der Waals surface area (Å²) in [7, 11) is 0. The highest BCUT2D eigenvalue weighted by Crippen LogP contribution is 2.30. The van der Waals surface area contributed by atoms with Crippen LogP contribution in [0.4, 0.5) is 0 Å². The molecule has 0 saturated carbocycles. The molecule has 0 atom stereocenters. The second-order valence-electron chi connectivity index (χ2n) is 4.70. The lowest BCUT2D eigenvalue weighted by molar-refractivity contribution is 0.583. The Morgan fingerprint density at radius 1 is 1.33 bits per heavy atom. The standard InChI is InChI=1S/C13H16ClN/c1-5-9-7-12(14)10(8-15)6-11(9)13(2,3)4/h6-7H,5H2,1-4H3. The fraction of sp³-hybridized carbons (Fsp3) is 0.462. The van der Waals surface area contributed by atoms with Gasteiger partial charge in [0.15, 0.2) is 0 Å². The molecule has 2 heteroatoms. The van der Waals surface area contributed by atoms with E-state index in [1.165, 1.54) is 11.1 Å². The molecule has 0 amide bonds. The molecule has 0 aromatic heterocycles. The first-order valence-corrected chi connectivity index (χ1v) is 5.51. The Labute approximate surface area is 96.7 Å². The van der Waals surface area contributed by atoms with E-state index >= 15 is 0 Å². The number of halogens is 1. The molecule has 0 aliphatic heterocycles. The monoisotopic (exact) mass is 221 g/mol. The predicted molar refractivity (Wildman–Crippen MR) is 64.2 cm³/mol. The van der Waals surface area contributed by atoms with Crippen LogP contribution >= 0.6 is 11.6 Å². The van der Waals surface area contributed by atoms with Crippen molar-refractivity contribution in [2.45, 2.75) is 39.5 Å². The maximum absolute atomic E-state index is 8.94. The molecule has 0 aliphatic rings. The molecule has 80 valence electrons. The largest absolute Gasteiger partial charge is 0.192 e. The number of benzene rings is 1.